The van der Waals surface area contributed by atoms with E-state index < -0.39 is 5.97 Å². The zero-order chi connectivity index (χ0) is 17.0. The summed E-state index contributed by atoms with van der Waals surface area (Å²) < 4.78 is 0. The molecule has 2 aromatic heterocycles. The van der Waals surface area contributed by atoms with Crippen LogP contribution in [0.2, 0.25) is 0 Å². The Bertz CT molecular complexity index is 994. The highest BCUT2D eigenvalue weighted by atomic mass is 16.4. The van der Waals surface area contributed by atoms with Crippen LogP contribution in [0.1, 0.15) is 23.2 Å². The summed E-state index contributed by atoms with van der Waals surface area (Å²) in [4.78, 5) is 26.1. The molecule has 2 N–H and O–H groups in total. The van der Waals surface area contributed by atoms with Gasteiger partial charge in [0.25, 0.3) is 0 Å². The summed E-state index contributed by atoms with van der Waals surface area (Å²) in [7, 11) is 0. The van der Waals surface area contributed by atoms with Gasteiger partial charge < -0.3 is 15.0 Å². The third-order valence-corrected chi connectivity index (χ3v) is 5.45. The molecule has 3 heterocycles. The van der Waals surface area contributed by atoms with E-state index in [1.54, 1.807) is 6.33 Å². The van der Waals surface area contributed by atoms with Crippen LogP contribution in [0.25, 0.3) is 11.0 Å². The van der Waals surface area contributed by atoms with Crippen molar-refractivity contribution in [2.45, 2.75) is 25.7 Å². The van der Waals surface area contributed by atoms with Gasteiger partial charge in [-0.05, 0) is 42.9 Å². The van der Waals surface area contributed by atoms with Crippen molar-refractivity contribution in [1.29, 1.82) is 0 Å². The number of aliphatic carboxylic acids is 1. The van der Waals surface area contributed by atoms with Gasteiger partial charge in [0.1, 0.15) is 17.8 Å². The number of carboxylic acid groups (broad SMARTS) is 1. The minimum atomic E-state index is -0.718. The van der Waals surface area contributed by atoms with Gasteiger partial charge in [0, 0.05) is 17.9 Å². The number of hydrogen-bond donors (Lipinski definition) is 2. The minimum absolute atomic E-state index is 0.328. The first kappa shape index (κ1) is 14.5. The molecule has 1 atom stereocenters. The highest BCUT2D eigenvalue weighted by molar-refractivity contribution is 5.95. The van der Waals surface area contributed by atoms with Crippen LogP contribution in [-0.4, -0.2) is 32.6 Å². The molecule has 0 saturated carbocycles. The van der Waals surface area contributed by atoms with Crippen LogP contribution in [0.4, 0.5) is 11.5 Å². The van der Waals surface area contributed by atoms with Crippen LogP contribution >= 0.6 is 0 Å². The number of aromatic amines is 1. The third-order valence-electron chi connectivity index (χ3n) is 5.45. The van der Waals surface area contributed by atoms with E-state index in [1.165, 1.54) is 11.3 Å². The molecule has 126 valence electrons. The lowest BCUT2D eigenvalue weighted by atomic mass is 9.86. The van der Waals surface area contributed by atoms with Crippen LogP contribution in [0.15, 0.2) is 30.6 Å². The highest BCUT2D eigenvalue weighted by Crippen LogP contribution is 2.40. The van der Waals surface area contributed by atoms with Crippen molar-refractivity contribution in [2.24, 2.45) is 5.92 Å². The number of rotatable bonds is 2. The van der Waals surface area contributed by atoms with E-state index in [4.69, 9.17) is 0 Å². The van der Waals surface area contributed by atoms with Crippen LogP contribution in [0.3, 0.4) is 0 Å². The molecule has 0 unspecified atom stereocenters. The average molecular weight is 334 g/mol. The topological polar surface area (TPSA) is 82.1 Å². The summed E-state index contributed by atoms with van der Waals surface area (Å²) in [5, 5.41) is 10.4. The molecule has 5 rings (SSSR count). The number of anilines is 2. The van der Waals surface area contributed by atoms with Crippen molar-refractivity contribution in [1.82, 2.24) is 15.0 Å². The quantitative estimate of drug-likeness (QED) is 0.753. The monoisotopic (exact) mass is 334 g/mol. The van der Waals surface area contributed by atoms with Gasteiger partial charge in [-0.25, -0.2) is 9.97 Å². The number of fused-ring (bicyclic) bond motifs is 4. The standard InChI is InChI=1S/C19H18N4O2/c24-19(25)12-5-6-14-13(9-12)16-17(22-14)20-10-21-18(16)23-8-7-11-3-1-2-4-15(11)23/h1-4,10,12H,5-9H2,(H,24,25)(H,20,21,22)/t12-/m0/s1. The van der Waals surface area contributed by atoms with Crippen LogP contribution < -0.4 is 4.90 Å². The molecular weight excluding hydrogens is 316 g/mol. The Morgan fingerprint density at radius 1 is 1.24 bits per heavy atom. The zero-order valence-electron chi connectivity index (χ0n) is 13.7. The van der Waals surface area contributed by atoms with Crippen molar-refractivity contribution in [3.63, 3.8) is 0 Å². The Morgan fingerprint density at radius 2 is 2.12 bits per heavy atom. The van der Waals surface area contributed by atoms with Gasteiger partial charge in [-0.2, -0.15) is 0 Å². The summed E-state index contributed by atoms with van der Waals surface area (Å²) in [6, 6.07) is 8.38. The SMILES string of the molecule is O=C(O)[C@H]1CCc2[nH]c3ncnc(N4CCc5ccccc54)c3c2C1. The van der Waals surface area contributed by atoms with Gasteiger partial charge in [-0.1, -0.05) is 18.2 Å². The molecule has 0 fully saturated rings. The Labute approximate surface area is 144 Å². The largest absolute Gasteiger partial charge is 0.481 e. The maximum Gasteiger partial charge on any atom is 0.306 e. The molecule has 0 bridgehead atoms. The van der Waals surface area contributed by atoms with Crippen molar-refractivity contribution in [3.8, 4) is 0 Å². The molecule has 6 heteroatoms. The molecule has 3 aromatic rings. The third kappa shape index (κ3) is 2.13. The number of aromatic nitrogens is 3. The molecule has 25 heavy (non-hydrogen) atoms. The van der Waals surface area contributed by atoms with Gasteiger partial charge in [0.15, 0.2) is 0 Å². The highest BCUT2D eigenvalue weighted by Gasteiger charge is 2.31. The van der Waals surface area contributed by atoms with E-state index in [9.17, 15) is 9.90 Å². The fourth-order valence-electron chi connectivity index (χ4n) is 4.20. The summed E-state index contributed by atoms with van der Waals surface area (Å²) >= 11 is 0. The molecule has 1 aliphatic carbocycles. The lowest BCUT2D eigenvalue weighted by Crippen LogP contribution is -2.22. The smallest absolute Gasteiger partial charge is 0.306 e. The number of H-pyrrole nitrogens is 1. The number of para-hydroxylation sites is 1. The van der Waals surface area contributed by atoms with Crippen LogP contribution in [0.5, 0.6) is 0 Å². The number of nitrogens with zero attached hydrogens (tertiary/aromatic N) is 3. The van der Waals surface area contributed by atoms with E-state index in [-0.39, 0.29) is 5.92 Å². The Hall–Kier alpha value is -2.89. The molecule has 0 spiro atoms. The Balaban J connectivity index is 1.68. The maximum atomic E-state index is 11.5. The molecule has 1 aromatic carbocycles. The van der Waals surface area contributed by atoms with Crippen molar-refractivity contribution >= 4 is 28.5 Å². The molecule has 2 aliphatic rings. The predicted molar refractivity (Wildman–Crippen MR) is 94.2 cm³/mol. The maximum absolute atomic E-state index is 11.5. The van der Waals surface area contributed by atoms with E-state index in [1.807, 2.05) is 6.07 Å². The zero-order valence-corrected chi connectivity index (χ0v) is 13.7. The first-order chi connectivity index (χ1) is 12.2. The van der Waals surface area contributed by atoms with Crippen LogP contribution in [0, 0.1) is 5.92 Å². The van der Waals surface area contributed by atoms with E-state index in [0.717, 1.165) is 47.5 Å². The van der Waals surface area contributed by atoms with Gasteiger partial charge >= 0.3 is 5.97 Å². The average Bonchev–Trinajstić information content (AvgIpc) is 3.22. The second kappa shape index (κ2) is 5.31. The van der Waals surface area contributed by atoms with Gasteiger partial charge in [0.2, 0.25) is 0 Å². The van der Waals surface area contributed by atoms with Crippen LogP contribution in [-0.2, 0) is 24.1 Å². The van der Waals surface area contributed by atoms with E-state index in [2.05, 4.69) is 38.1 Å². The minimum Gasteiger partial charge on any atom is -0.481 e. The summed E-state index contributed by atoms with van der Waals surface area (Å²) in [5.74, 6) is -0.158. The first-order valence-electron chi connectivity index (χ1n) is 8.65. The molecule has 0 radical (unpaired) electrons. The van der Waals surface area contributed by atoms with Crippen molar-refractivity contribution in [2.75, 3.05) is 11.4 Å². The summed E-state index contributed by atoms with van der Waals surface area (Å²) in [5.41, 5.74) is 5.51. The predicted octanol–water partition coefficient (Wildman–Crippen LogP) is 2.84. The van der Waals surface area contributed by atoms with Crippen molar-refractivity contribution < 1.29 is 9.90 Å². The fraction of sp³-hybridized carbons (Fsp3) is 0.316. The number of benzene rings is 1. The summed E-state index contributed by atoms with van der Waals surface area (Å²) in [6.07, 6.45) is 4.55. The van der Waals surface area contributed by atoms with E-state index >= 15 is 0 Å². The lowest BCUT2D eigenvalue weighted by Gasteiger charge is -2.22. The normalized spacial score (nSPS) is 19.0. The fourth-order valence-corrected chi connectivity index (χ4v) is 4.20. The Morgan fingerprint density at radius 3 is 3.00 bits per heavy atom. The lowest BCUT2D eigenvalue weighted by molar-refractivity contribution is -0.142. The van der Waals surface area contributed by atoms with E-state index in [0.29, 0.717) is 12.8 Å². The number of nitrogens with one attached hydrogen (secondary N) is 1. The molecule has 0 saturated heterocycles. The molecular formula is C19H18N4O2. The number of carbonyl (C=O) groups is 1. The first-order valence-corrected chi connectivity index (χ1v) is 8.65. The molecule has 0 amide bonds. The second-order valence-corrected chi connectivity index (χ2v) is 6.81. The number of aryl methyl sites for hydroxylation is 1. The molecule has 6 nitrogen and oxygen atoms in total. The number of carboxylic acids is 1. The van der Waals surface area contributed by atoms with Gasteiger partial charge in [0.05, 0.1) is 11.3 Å². The van der Waals surface area contributed by atoms with Gasteiger partial charge in [-0.3, -0.25) is 4.79 Å². The molecule has 1 aliphatic heterocycles. The van der Waals surface area contributed by atoms with Crippen molar-refractivity contribution in [3.05, 3.63) is 47.4 Å². The Kier molecular flexibility index (Phi) is 3.07. The summed E-state index contributed by atoms with van der Waals surface area (Å²) in [6.45, 7) is 0.883. The number of hydrogen-bond acceptors (Lipinski definition) is 4. The van der Waals surface area contributed by atoms with Gasteiger partial charge in [-0.15, -0.1) is 0 Å². The second-order valence-electron chi connectivity index (χ2n) is 6.81.